The molecule has 0 bridgehead atoms. The minimum atomic E-state index is -0.136. The molecule has 3 rings (SSSR count). The molecule has 5 nitrogen and oxygen atoms in total. The highest BCUT2D eigenvalue weighted by Crippen LogP contribution is 2.21. The van der Waals surface area contributed by atoms with E-state index in [1.54, 1.807) is 23.8 Å². The van der Waals surface area contributed by atoms with Gasteiger partial charge in [0.15, 0.2) is 10.9 Å². The van der Waals surface area contributed by atoms with Crippen LogP contribution in [0.3, 0.4) is 0 Å². The fraction of sp³-hybridized carbons (Fsp3) is 0.250. The number of rotatable bonds is 7. The molecule has 0 saturated heterocycles. The fourth-order valence-electron chi connectivity index (χ4n) is 2.62. The number of halogens is 1. The molecule has 0 aliphatic carbocycles. The molecule has 0 spiro atoms. The lowest BCUT2D eigenvalue weighted by molar-refractivity contribution is 0.102. The number of Topliss-reactive ketones (excluding diaryl/α,β-unsaturated/α-hetero) is 1. The molecule has 0 fully saturated rings. The van der Waals surface area contributed by atoms with Gasteiger partial charge in [0.1, 0.15) is 0 Å². The summed E-state index contributed by atoms with van der Waals surface area (Å²) in [6, 6.07) is 12.9. The average molecular weight is 447 g/mol. The highest BCUT2D eigenvalue weighted by molar-refractivity contribution is 9.10. The highest BCUT2D eigenvalue weighted by atomic mass is 79.9. The summed E-state index contributed by atoms with van der Waals surface area (Å²) >= 11 is 4.67. The molecule has 2 aromatic carbocycles. The van der Waals surface area contributed by atoms with E-state index in [-0.39, 0.29) is 17.1 Å². The third-order valence-corrected chi connectivity index (χ3v) is 5.58. The molecule has 7 heteroatoms. The van der Waals surface area contributed by atoms with Crippen LogP contribution in [0.25, 0.3) is 10.9 Å². The number of fused-ring (bicyclic) bond motifs is 1. The smallest absolute Gasteiger partial charge is 0.262 e. The number of ether oxygens (including phenoxy) is 1. The molecule has 0 amide bonds. The Morgan fingerprint density at radius 1 is 1.22 bits per heavy atom. The Labute approximate surface area is 169 Å². The maximum absolute atomic E-state index is 12.9. The molecule has 0 aliphatic heterocycles. The molecule has 0 aliphatic rings. The first-order valence-electron chi connectivity index (χ1n) is 8.41. The summed E-state index contributed by atoms with van der Waals surface area (Å²) in [5.41, 5.74) is 2.24. The van der Waals surface area contributed by atoms with Gasteiger partial charge in [-0.25, -0.2) is 4.98 Å². The van der Waals surface area contributed by atoms with Crippen LogP contribution in [0.4, 0.5) is 0 Å². The van der Waals surface area contributed by atoms with Crippen molar-refractivity contribution in [1.29, 1.82) is 0 Å². The largest absolute Gasteiger partial charge is 0.383 e. The van der Waals surface area contributed by atoms with Crippen molar-refractivity contribution in [3.63, 3.8) is 0 Å². The predicted molar refractivity (Wildman–Crippen MR) is 112 cm³/mol. The summed E-state index contributed by atoms with van der Waals surface area (Å²) in [6.07, 6.45) is 0. The van der Waals surface area contributed by atoms with Gasteiger partial charge in [-0.15, -0.1) is 0 Å². The second kappa shape index (κ2) is 8.82. The molecule has 27 heavy (non-hydrogen) atoms. The van der Waals surface area contributed by atoms with E-state index in [2.05, 4.69) is 20.9 Å². The van der Waals surface area contributed by atoms with Gasteiger partial charge in [-0.3, -0.25) is 14.2 Å². The van der Waals surface area contributed by atoms with Gasteiger partial charge in [0.05, 0.1) is 29.8 Å². The fourth-order valence-corrected chi connectivity index (χ4v) is 3.90. The van der Waals surface area contributed by atoms with Crippen molar-refractivity contribution < 1.29 is 9.53 Å². The van der Waals surface area contributed by atoms with Crippen LogP contribution in [0.5, 0.6) is 0 Å². The lowest BCUT2D eigenvalue weighted by Gasteiger charge is -2.12. The quantitative estimate of drug-likeness (QED) is 0.310. The van der Waals surface area contributed by atoms with E-state index in [0.717, 1.165) is 10.0 Å². The molecule has 1 aromatic heterocycles. The van der Waals surface area contributed by atoms with Crippen LogP contribution in [0.2, 0.25) is 0 Å². The number of thioether (sulfide) groups is 1. The highest BCUT2D eigenvalue weighted by Gasteiger charge is 2.14. The van der Waals surface area contributed by atoms with E-state index >= 15 is 0 Å². The Kier molecular flexibility index (Phi) is 6.46. The zero-order valence-corrected chi connectivity index (χ0v) is 17.5. The third kappa shape index (κ3) is 4.66. The number of aromatic nitrogens is 2. The predicted octanol–water partition coefficient (Wildman–Crippen LogP) is 4.09. The van der Waals surface area contributed by atoms with Crippen molar-refractivity contribution in [3.05, 3.63) is 68.4 Å². The van der Waals surface area contributed by atoms with E-state index in [1.165, 1.54) is 11.8 Å². The van der Waals surface area contributed by atoms with Gasteiger partial charge in [0.2, 0.25) is 0 Å². The zero-order valence-electron chi connectivity index (χ0n) is 15.1. The first-order chi connectivity index (χ1) is 13.0. The van der Waals surface area contributed by atoms with E-state index in [0.29, 0.717) is 34.8 Å². The van der Waals surface area contributed by atoms with Crippen LogP contribution in [-0.2, 0) is 11.3 Å². The van der Waals surface area contributed by atoms with E-state index in [1.807, 2.05) is 37.3 Å². The van der Waals surface area contributed by atoms with Crippen LogP contribution in [0, 0.1) is 6.92 Å². The maximum atomic E-state index is 12.9. The standard InChI is InChI=1S/C20H19BrN2O3S/c1-13-3-5-14(6-4-13)18(24)12-27-20-22-17-8-7-15(21)11-16(17)19(25)23(20)9-10-26-2/h3-8,11H,9-10,12H2,1-2H3. The van der Waals surface area contributed by atoms with E-state index in [9.17, 15) is 9.59 Å². The van der Waals surface area contributed by atoms with Crippen molar-refractivity contribution in [2.45, 2.75) is 18.6 Å². The van der Waals surface area contributed by atoms with Crippen molar-refractivity contribution in [2.75, 3.05) is 19.5 Å². The Bertz CT molecular complexity index is 1030. The molecule has 0 unspecified atom stereocenters. The van der Waals surface area contributed by atoms with Crippen LogP contribution < -0.4 is 5.56 Å². The van der Waals surface area contributed by atoms with Gasteiger partial charge < -0.3 is 4.74 Å². The molecule has 0 radical (unpaired) electrons. The second-order valence-electron chi connectivity index (χ2n) is 6.08. The van der Waals surface area contributed by atoms with Crippen molar-refractivity contribution in [3.8, 4) is 0 Å². The normalized spacial score (nSPS) is 11.1. The molecule has 3 aromatic rings. The summed E-state index contributed by atoms with van der Waals surface area (Å²) < 4.78 is 7.52. The summed E-state index contributed by atoms with van der Waals surface area (Å²) in [5, 5.41) is 1.06. The molecule has 1 heterocycles. The van der Waals surface area contributed by atoms with Gasteiger partial charge in [-0.1, -0.05) is 57.5 Å². The topological polar surface area (TPSA) is 61.2 Å². The Morgan fingerprint density at radius 2 is 1.96 bits per heavy atom. The van der Waals surface area contributed by atoms with Crippen molar-refractivity contribution in [2.24, 2.45) is 0 Å². The number of benzene rings is 2. The first kappa shape index (κ1) is 19.8. The number of ketones is 1. The van der Waals surface area contributed by atoms with Gasteiger partial charge in [-0.2, -0.15) is 0 Å². The number of carbonyl (C=O) groups is 1. The molecular formula is C20H19BrN2O3S. The summed E-state index contributed by atoms with van der Waals surface area (Å²) in [7, 11) is 1.59. The summed E-state index contributed by atoms with van der Waals surface area (Å²) in [6.45, 7) is 2.75. The Balaban J connectivity index is 1.92. The lowest BCUT2D eigenvalue weighted by atomic mass is 10.1. The number of methoxy groups -OCH3 is 1. The number of carbonyl (C=O) groups excluding carboxylic acids is 1. The van der Waals surface area contributed by atoms with Gasteiger partial charge in [0, 0.05) is 17.1 Å². The minimum Gasteiger partial charge on any atom is -0.383 e. The van der Waals surface area contributed by atoms with Crippen LogP contribution in [0.15, 0.2) is 56.9 Å². The van der Waals surface area contributed by atoms with Gasteiger partial charge >= 0.3 is 0 Å². The second-order valence-corrected chi connectivity index (χ2v) is 7.94. The molecular weight excluding hydrogens is 428 g/mol. The lowest BCUT2D eigenvalue weighted by Crippen LogP contribution is -2.25. The van der Waals surface area contributed by atoms with Gasteiger partial charge in [-0.05, 0) is 25.1 Å². The SMILES string of the molecule is COCCn1c(SCC(=O)c2ccc(C)cc2)nc2ccc(Br)cc2c1=O. The van der Waals surface area contributed by atoms with Crippen LogP contribution in [-0.4, -0.2) is 34.8 Å². The summed E-state index contributed by atoms with van der Waals surface area (Å²) in [5.74, 6) is 0.216. The monoisotopic (exact) mass is 446 g/mol. The Morgan fingerprint density at radius 3 is 2.67 bits per heavy atom. The first-order valence-corrected chi connectivity index (χ1v) is 10.2. The van der Waals surface area contributed by atoms with Crippen molar-refractivity contribution in [1.82, 2.24) is 9.55 Å². The molecule has 0 N–H and O–H groups in total. The number of aryl methyl sites for hydroxylation is 1. The minimum absolute atomic E-state index is 0.00319. The maximum Gasteiger partial charge on any atom is 0.262 e. The van der Waals surface area contributed by atoms with E-state index < -0.39 is 0 Å². The molecule has 0 saturated carbocycles. The molecule has 0 atom stereocenters. The average Bonchev–Trinajstić information content (AvgIpc) is 2.66. The van der Waals surface area contributed by atoms with E-state index in [4.69, 9.17) is 4.74 Å². The number of hydrogen-bond acceptors (Lipinski definition) is 5. The number of hydrogen-bond donors (Lipinski definition) is 0. The third-order valence-electron chi connectivity index (χ3n) is 4.11. The number of nitrogens with zero attached hydrogens (tertiary/aromatic N) is 2. The zero-order chi connectivity index (χ0) is 19.4. The molecule has 140 valence electrons. The van der Waals surface area contributed by atoms with Crippen LogP contribution in [0.1, 0.15) is 15.9 Å². The Hall–Kier alpha value is -1.96. The summed E-state index contributed by atoms with van der Waals surface area (Å²) in [4.78, 5) is 30.0. The van der Waals surface area contributed by atoms with Gasteiger partial charge in [0.25, 0.3) is 5.56 Å². The van der Waals surface area contributed by atoms with Crippen LogP contribution >= 0.6 is 27.7 Å². The van der Waals surface area contributed by atoms with Crippen molar-refractivity contribution >= 4 is 44.4 Å².